The second-order valence-corrected chi connectivity index (χ2v) is 3.76. The third kappa shape index (κ3) is 1.29. The summed E-state index contributed by atoms with van der Waals surface area (Å²) in [6.45, 7) is 0. The van der Waals surface area contributed by atoms with Gasteiger partial charge in [0.1, 0.15) is 5.82 Å². The summed E-state index contributed by atoms with van der Waals surface area (Å²) in [4.78, 5) is 0. The molecule has 0 fully saturated rings. The first-order chi connectivity index (χ1) is 5.66. The van der Waals surface area contributed by atoms with Crippen molar-refractivity contribution in [2.45, 2.75) is 12.4 Å². The van der Waals surface area contributed by atoms with E-state index in [1.165, 1.54) is 6.07 Å². The number of rotatable bonds is 0. The van der Waals surface area contributed by atoms with E-state index >= 15 is 0 Å². The van der Waals surface area contributed by atoms with Crippen LogP contribution in [0.5, 0.6) is 0 Å². The van der Waals surface area contributed by atoms with Gasteiger partial charge in [-0.25, -0.2) is 4.39 Å². The van der Waals surface area contributed by atoms with Crippen LogP contribution < -0.4 is 5.46 Å². The second kappa shape index (κ2) is 2.85. The lowest BCUT2D eigenvalue weighted by atomic mass is 9.70. The van der Waals surface area contributed by atoms with Crippen molar-refractivity contribution in [3.05, 3.63) is 28.0 Å². The summed E-state index contributed by atoms with van der Waals surface area (Å²) >= 11 is 3.09. The van der Waals surface area contributed by atoms with E-state index in [0.717, 1.165) is 11.0 Å². The van der Waals surface area contributed by atoms with E-state index < -0.39 is 6.00 Å². The van der Waals surface area contributed by atoms with Gasteiger partial charge < -0.3 is 5.11 Å². The monoisotopic (exact) mass is 227 g/mol. The van der Waals surface area contributed by atoms with Crippen LogP contribution in [0.2, 0.25) is 0 Å². The lowest BCUT2D eigenvalue weighted by Crippen LogP contribution is -2.19. The highest BCUT2D eigenvalue weighted by atomic mass is 79.9. The molecule has 1 aromatic rings. The molecule has 61 valence electrons. The maximum atomic E-state index is 13.0. The van der Waals surface area contributed by atoms with Crippen LogP contribution in [0.3, 0.4) is 0 Å². The molecule has 0 saturated carbocycles. The largest absolute Gasteiger partial charge is 0.401 e. The Kier molecular flexibility index (Phi) is 1.97. The molecule has 12 heavy (non-hydrogen) atoms. The third-order valence-electron chi connectivity index (χ3n) is 1.98. The zero-order valence-electron chi connectivity index (χ0n) is 6.22. The van der Waals surface area contributed by atoms with Gasteiger partial charge in [-0.2, -0.15) is 0 Å². The van der Waals surface area contributed by atoms with Gasteiger partial charge in [-0.1, -0.05) is 11.5 Å². The van der Waals surface area contributed by atoms with Gasteiger partial charge >= 0.3 is 0 Å². The summed E-state index contributed by atoms with van der Waals surface area (Å²) in [6, 6.07) is 2.71. The predicted octanol–water partition coefficient (Wildman–Crippen LogP) is 0.792. The molecule has 1 aliphatic heterocycles. The molecule has 1 aromatic carbocycles. The second-order valence-electron chi connectivity index (χ2n) is 2.90. The molecule has 1 N–H and O–H groups in total. The van der Waals surface area contributed by atoms with Crippen molar-refractivity contribution in [2.24, 2.45) is 0 Å². The van der Waals surface area contributed by atoms with E-state index in [-0.39, 0.29) is 5.82 Å². The molecule has 0 aromatic heterocycles. The van der Waals surface area contributed by atoms with Crippen molar-refractivity contribution >= 4 is 28.7 Å². The summed E-state index contributed by atoms with van der Waals surface area (Å²) in [5.74, 6) is -0.267. The minimum atomic E-state index is -0.450. The highest BCUT2D eigenvalue weighted by Gasteiger charge is 2.21. The first-order valence-electron chi connectivity index (χ1n) is 3.67. The van der Waals surface area contributed by atoms with Crippen molar-refractivity contribution in [2.75, 3.05) is 0 Å². The summed E-state index contributed by atoms with van der Waals surface area (Å²) < 4.78 is 13.4. The quantitative estimate of drug-likeness (QED) is 0.650. The standard InChI is InChI=1S/C8H6BBrFO/c10-6-3-5-4(1-7(6)11)2-8(12)9-5/h1,3,8,12H,2H2. The van der Waals surface area contributed by atoms with E-state index in [4.69, 9.17) is 0 Å². The highest BCUT2D eigenvalue weighted by Crippen LogP contribution is 2.18. The Morgan fingerprint density at radius 2 is 2.33 bits per heavy atom. The summed E-state index contributed by atoms with van der Waals surface area (Å²) in [6.07, 6.45) is 0.527. The lowest BCUT2D eigenvalue weighted by molar-refractivity contribution is 0.258. The molecule has 1 aliphatic rings. The van der Waals surface area contributed by atoms with Crippen LogP contribution in [-0.4, -0.2) is 18.4 Å². The van der Waals surface area contributed by atoms with Gasteiger partial charge in [-0.15, -0.1) is 0 Å². The van der Waals surface area contributed by atoms with Gasteiger partial charge in [0.25, 0.3) is 0 Å². The maximum absolute atomic E-state index is 13.0. The number of aliphatic hydroxyl groups is 1. The maximum Gasteiger partial charge on any atom is 0.190 e. The molecule has 4 heteroatoms. The van der Waals surface area contributed by atoms with E-state index in [1.807, 2.05) is 0 Å². The Balaban J connectivity index is 2.48. The van der Waals surface area contributed by atoms with E-state index in [0.29, 0.717) is 10.9 Å². The zero-order valence-corrected chi connectivity index (χ0v) is 7.81. The van der Waals surface area contributed by atoms with Gasteiger partial charge in [-0.05, 0) is 34.0 Å². The van der Waals surface area contributed by atoms with Crippen molar-refractivity contribution in [1.29, 1.82) is 0 Å². The molecule has 0 bridgehead atoms. The Morgan fingerprint density at radius 1 is 1.58 bits per heavy atom. The Morgan fingerprint density at radius 3 is 3.08 bits per heavy atom. The average molecular weight is 228 g/mol. The first-order valence-corrected chi connectivity index (χ1v) is 4.47. The predicted molar refractivity (Wildman–Crippen MR) is 49.2 cm³/mol. The van der Waals surface area contributed by atoms with Gasteiger partial charge in [0.2, 0.25) is 0 Å². The molecular weight excluding hydrogens is 222 g/mol. The number of hydrogen-bond acceptors (Lipinski definition) is 1. The highest BCUT2D eigenvalue weighted by molar-refractivity contribution is 9.10. The molecule has 2 rings (SSSR count). The molecule has 0 spiro atoms. The topological polar surface area (TPSA) is 20.2 Å². The average Bonchev–Trinajstić information content (AvgIpc) is 2.30. The number of hydrogen-bond donors (Lipinski definition) is 1. The number of halogens is 2. The van der Waals surface area contributed by atoms with Crippen molar-refractivity contribution < 1.29 is 9.50 Å². The molecule has 1 radical (unpaired) electrons. The molecule has 1 unspecified atom stereocenters. The summed E-state index contributed by atoms with van der Waals surface area (Å²) in [5, 5.41) is 9.24. The molecule has 0 aliphatic carbocycles. The molecule has 0 amide bonds. The van der Waals surface area contributed by atoms with Crippen LogP contribution in [0, 0.1) is 5.82 Å². The first kappa shape index (κ1) is 8.26. The van der Waals surface area contributed by atoms with Crippen LogP contribution in [0.4, 0.5) is 4.39 Å². The van der Waals surface area contributed by atoms with Crippen molar-refractivity contribution in [3.8, 4) is 0 Å². The zero-order chi connectivity index (χ0) is 8.72. The Hall–Kier alpha value is -0.345. The molecule has 0 saturated heterocycles. The van der Waals surface area contributed by atoms with E-state index in [9.17, 15) is 9.50 Å². The summed E-state index contributed by atoms with van der Waals surface area (Å²) in [5.41, 5.74) is 1.80. The third-order valence-corrected chi connectivity index (χ3v) is 2.59. The smallest absolute Gasteiger partial charge is 0.190 e. The van der Waals surface area contributed by atoms with Gasteiger partial charge in [0.05, 0.1) is 4.47 Å². The van der Waals surface area contributed by atoms with Crippen molar-refractivity contribution in [1.82, 2.24) is 0 Å². The number of benzene rings is 1. The Labute approximate surface area is 79.0 Å². The number of fused-ring (bicyclic) bond motifs is 1. The van der Waals surface area contributed by atoms with Gasteiger partial charge in [0.15, 0.2) is 7.28 Å². The Bertz CT molecular complexity index is 298. The fourth-order valence-corrected chi connectivity index (χ4v) is 1.79. The van der Waals surface area contributed by atoms with Gasteiger partial charge in [0, 0.05) is 6.00 Å². The normalized spacial score (nSPS) is 20.4. The van der Waals surface area contributed by atoms with Crippen LogP contribution in [-0.2, 0) is 6.42 Å². The number of aliphatic hydroxyl groups excluding tert-OH is 1. The van der Waals surface area contributed by atoms with Crippen LogP contribution >= 0.6 is 15.9 Å². The SMILES string of the molecule is OC1[B]c2cc(Br)c(F)cc2C1. The summed E-state index contributed by atoms with van der Waals surface area (Å²) in [7, 11) is 1.74. The fraction of sp³-hybridized carbons (Fsp3) is 0.250. The minimum absolute atomic E-state index is 0.267. The lowest BCUT2D eigenvalue weighted by Gasteiger charge is -2.00. The van der Waals surface area contributed by atoms with E-state index in [1.54, 1.807) is 13.3 Å². The van der Waals surface area contributed by atoms with Crippen molar-refractivity contribution in [3.63, 3.8) is 0 Å². The molecule has 1 heterocycles. The van der Waals surface area contributed by atoms with Gasteiger partial charge in [-0.3, -0.25) is 0 Å². The van der Waals surface area contributed by atoms with Crippen LogP contribution in [0.25, 0.3) is 0 Å². The molecule has 1 nitrogen and oxygen atoms in total. The van der Waals surface area contributed by atoms with E-state index in [2.05, 4.69) is 15.9 Å². The van der Waals surface area contributed by atoms with Crippen LogP contribution in [0.1, 0.15) is 5.56 Å². The van der Waals surface area contributed by atoms with Crippen LogP contribution in [0.15, 0.2) is 16.6 Å². The molecular formula is C8H6BBrFO. The molecule has 1 atom stereocenters. The fourth-order valence-electron chi connectivity index (χ4n) is 1.43. The minimum Gasteiger partial charge on any atom is -0.401 e.